The summed E-state index contributed by atoms with van der Waals surface area (Å²) < 4.78 is 0.992. The summed E-state index contributed by atoms with van der Waals surface area (Å²) in [5.41, 5.74) is 6.41. The predicted molar refractivity (Wildman–Crippen MR) is 67.1 cm³/mol. The molecule has 0 aromatic heterocycles. The Hall–Kier alpha value is -0.230. The van der Waals surface area contributed by atoms with Gasteiger partial charge < -0.3 is 16.2 Å². The Bertz CT molecular complexity index is 361. The molecule has 2 rings (SSSR count). The van der Waals surface area contributed by atoms with Crippen LogP contribution in [0, 0.1) is 0 Å². The first-order valence-electron chi connectivity index (χ1n) is 4.77. The number of aliphatic hydroxyl groups excluding tert-OH is 1. The lowest BCUT2D eigenvalue weighted by molar-refractivity contribution is 0.201. The van der Waals surface area contributed by atoms with E-state index >= 15 is 0 Å². The molecule has 1 saturated heterocycles. The minimum absolute atomic E-state index is 0.227. The molecule has 0 bridgehead atoms. The van der Waals surface area contributed by atoms with Crippen molar-refractivity contribution in [2.45, 2.75) is 16.2 Å². The molecule has 1 heterocycles. The van der Waals surface area contributed by atoms with Crippen molar-refractivity contribution >= 4 is 33.4 Å². The van der Waals surface area contributed by atoms with Crippen molar-refractivity contribution in [3.63, 3.8) is 0 Å². The van der Waals surface area contributed by atoms with Crippen molar-refractivity contribution in [2.24, 2.45) is 0 Å². The molecule has 1 fully saturated rings. The monoisotopic (exact) mass is 288 g/mol. The normalized spacial score (nSPS) is 25.7. The van der Waals surface area contributed by atoms with Crippen molar-refractivity contribution in [1.29, 1.82) is 0 Å². The highest BCUT2D eigenvalue weighted by molar-refractivity contribution is 9.10. The lowest BCUT2D eigenvalue weighted by Gasteiger charge is -2.13. The van der Waals surface area contributed by atoms with Gasteiger partial charge in [0.2, 0.25) is 0 Å². The van der Waals surface area contributed by atoms with Crippen LogP contribution in [0.15, 0.2) is 27.6 Å². The summed E-state index contributed by atoms with van der Waals surface area (Å²) in [7, 11) is 0. The molecule has 0 aliphatic carbocycles. The van der Waals surface area contributed by atoms with Gasteiger partial charge in [0.15, 0.2) is 0 Å². The molecule has 2 unspecified atom stereocenters. The number of hydrogen-bond donors (Lipinski definition) is 3. The molecule has 3 nitrogen and oxygen atoms in total. The fourth-order valence-electron chi connectivity index (χ4n) is 1.54. The lowest BCUT2D eigenvalue weighted by atomic mass is 10.3. The molecule has 0 spiro atoms. The molecule has 82 valence electrons. The predicted octanol–water partition coefficient (Wildman–Crippen LogP) is 1.46. The number of anilines is 1. The number of thioether (sulfide) groups is 1. The van der Waals surface area contributed by atoms with Gasteiger partial charge in [-0.05, 0) is 34.1 Å². The first-order chi connectivity index (χ1) is 7.16. The topological polar surface area (TPSA) is 58.3 Å². The van der Waals surface area contributed by atoms with E-state index in [-0.39, 0.29) is 11.4 Å². The summed E-state index contributed by atoms with van der Waals surface area (Å²) in [5, 5.41) is 13.1. The summed E-state index contributed by atoms with van der Waals surface area (Å²) in [6.07, 6.45) is -0.264. The third-order valence-electron chi connectivity index (χ3n) is 2.36. The zero-order valence-corrected chi connectivity index (χ0v) is 10.5. The fraction of sp³-hybridized carbons (Fsp3) is 0.400. The number of hydrogen-bond acceptors (Lipinski definition) is 4. The molecule has 0 amide bonds. The second-order valence-electron chi connectivity index (χ2n) is 3.57. The van der Waals surface area contributed by atoms with E-state index in [0.717, 1.165) is 21.6 Å². The maximum absolute atomic E-state index is 9.67. The van der Waals surface area contributed by atoms with Crippen LogP contribution >= 0.6 is 27.7 Å². The quantitative estimate of drug-likeness (QED) is 0.721. The molecular formula is C10H13BrN2OS. The van der Waals surface area contributed by atoms with Crippen LogP contribution in [0.1, 0.15) is 0 Å². The first-order valence-corrected chi connectivity index (χ1v) is 6.44. The van der Waals surface area contributed by atoms with Crippen molar-refractivity contribution in [2.75, 3.05) is 18.8 Å². The van der Waals surface area contributed by atoms with Gasteiger partial charge in [0.05, 0.1) is 6.10 Å². The number of nitrogens with one attached hydrogen (secondary N) is 1. The zero-order valence-electron chi connectivity index (χ0n) is 8.11. The Morgan fingerprint density at radius 1 is 1.47 bits per heavy atom. The smallest absolute Gasteiger partial charge is 0.0798 e. The number of nitrogen functional groups attached to an aromatic ring is 1. The molecule has 4 N–H and O–H groups in total. The average molecular weight is 289 g/mol. The molecule has 1 aliphatic heterocycles. The fourth-order valence-corrected chi connectivity index (χ4v) is 3.31. The van der Waals surface area contributed by atoms with E-state index in [9.17, 15) is 5.11 Å². The van der Waals surface area contributed by atoms with Gasteiger partial charge in [-0.25, -0.2) is 0 Å². The van der Waals surface area contributed by atoms with Gasteiger partial charge in [-0.2, -0.15) is 0 Å². The summed E-state index contributed by atoms with van der Waals surface area (Å²) in [5.74, 6) is 0. The highest BCUT2D eigenvalue weighted by Crippen LogP contribution is 2.33. The third kappa shape index (κ3) is 2.66. The van der Waals surface area contributed by atoms with Crippen molar-refractivity contribution in [3.05, 3.63) is 22.7 Å². The second kappa shape index (κ2) is 4.74. The van der Waals surface area contributed by atoms with Crippen LogP contribution in [0.3, 0.4) is 0 Å². The molecule has 1 aromatic rings. The highest BCUT2D eigenvalue weighted by Gasteiger charge is 2.26. The Balaban J connectivity index is 2.10. The van der Waals surface area contributed by atoms with Gasteiger partial charge in [-0.3, -0.25) is 0 Å². The van der Waals surface area contributed by atoms with E-state index < -0.39 is 0 Å². The standard InChI is InChI=1S/C10H13BrN2OS/c11-7-3-6(12)1-2-9(7)15-10-5-13-4-8(10)14/h1-3,8,10,13-14H,4-5,12H2. The van der Waals surface area contributed by atoms with Crippen molar-refractivity contribution in [1.82, 2.24) is 5.32 Å². The first kappa shape index (κ1) is 11.3. The van der Waals surface area contributed by atoms with Crippen molar-refractivity contribution in [3.8, 4) is 0 Å². The van der Waals surface area contributed by atoms with Gasteiger partial charge in [0, 0.05) is 33.4 Å². The van der Waals surface area contributed by atoms with Crippen LogP contribution in [0.2, 0.25) is 0 Å². The Kier molecular flexibility index (Phi) is 3.56. The summed E-state index contributed by atoms with van der Waals surface area (Å²) >= 11 is 5.15. The van der Waals surface area contributed by atoms with Gasteiger partial charge >= 0.3 is 0 Å². The van der Waals surface area contributed by atoms with Gasteiger partial charge in [-0.1, -0.05) is 0 Å². The SMILES string of the molecule is Nc1ccc(SC2CNCC2O)c(Br)c1. The molecule has 1 aliphatic rings. The Morgan fingerprint density at radius 3 is 2.87 bits per heavy atom. The third-order valence-corrected chi connectivity index (χ3v) is 4.67. The molecule has 15 heavy (non-hydrogen) atoms. The largest absolute Gasteiger partial charge is 0.399 e. The van der Waals surface area contributed by atoms with Crippen LogP contribution in [-0.4, -0.2) is 29.5 Å². The minimum Gasteiger partial charge on any atom is -0.399 e. The molecule has 1 aromatic carbocycles. The van der Waals surface area contributed by atoms with Gasteiger partial charge in [-0.15, -0.1) is 11.8 Å². The van der Waals surface area contributed by atoms with Crippen LogP contribution in [-0.2, 0) is 0 Å². The maximum Gasteiger partial charge on any atom is 0.0798 e. The lowest BCUT2D eigenvalue weighted by Crippen LogP contribution is -2.19. The summed E-state index contributed by atoms with van der Waals surface area (Å²) in [4.78, 5) is 1.12. The van der Waals surface area contributed by atoms with Gasteiger partial charge in [0.25, 0.3) is 0 Å². The Morgan fingerprint density at radius 2 is 2.27 bits per heavy atom. The summed E-state index contributed by atoms with van der Waals surface area (Å²) in [6, 6.07) is 5.74. The molecular weight excluding hydrogens is 276 g/mol. The van der Waals surface area contributed by atoms with E-state index in [1.807, 2.05) is 18.2 Å². The van der Waals surface area contributed by atoms with Crippen LogP contribution in [0.5, 0.6) is 0 Å². The van der Waals surface area contributed by atoms with E-state index in [1.165, 1.54) is 0 Å². The average Bonchev–Trinajstić information content (AvgIpc) is 2.57. The molecule has 2 atom stereocenters. The number of rotatable bonds is 2. The molecule has 0 radical (unpaired) electrons. The second-order valence-corrected chi connectivity index (χ2v) is 5.71. The maximum atomic E-state index is 9.67. The number of halogens is 1. The number of benzene rings is 1. The van der Waals surface area contributed by atoms with Crippen LogP contribution in [0.4, 0.5) is 5.69 Å². The molecule has 0 saturated carbocycles. The Labute approximate surface area is 102 Å². The van der Waals surface area contributed by atoms with E-state index in [1.54, 1.807) is 11.8 Å². The van der Waals surface area contributed by atoms with Gasteiger partial charge in [0.1, 0.15) is 0 Å². The van der Waals surface area contributed by atoms with Crippen LogP contribution in [0.25, 0.3) is 0 Å². The van der Waals surface area contributed by atoms with E-state index in [0.29, 0.717) is 6.54 Å². The minimum atomic E-state index is -0.264. The highest BCUT2D eigenvalue weighted by atomic mass is 79.9. The number of nitrogens with two attached hydrogens (primary N) is 1. The zero-order chi connectivity index (χ0) is 10.8. The molecule has 5 heteroatoms. The summed E-state index contributed by atoms with van der Waals surface area (Å²) in [6.45, 7) is 1.53. The number of aliphatic hydroxyl groups is 1. The van der Waals surface area contributed by atoms with E-state index in [2.05, 4.69) is 21.2 Å². The van der Waals surface area contributed by atoms with E-state index in [4.69, 9.17) is 5.73 Å². The van der Waals surface area contributed by atoms with Crippen LogP contribution < -0.4 is 11.1 Å². The van der Waals surface area contributed by atoms with Crippen molar-refractivity contribution < 1.29 is 5.11 Å². The number of β-amino-alcohol motifs (C(OH)–C–C–N with tert-alkyl or cyclic N) is 1.